The lowest BCUT2D eigenvalue weighted by atomic mass is 9.52. The number of Topliss-reactive ketones (excluding diaryl/α,β-unsaturated/α-hetero) is 3. The maximum absolute atomic E-state index is 14.1. The highest BCUT2D eigenvalue weighted by molar-refractivity contribution is 6.25. The van der Waals surface area contributed by atoms with Gasteiger partial charge in [0.25, 0.3) is 0 Å². The lowest BCUT2D eigenvalue weighted by Gasteiger charge is -2.54. The Labute approximate surface area is 250 Å². The van der Waals surface area contributed by atoms with Crippen LogP contribution in [-0.4, -0.2) is 89.0 Å². The number of carbonyl (C=O) groups excluding carboxylic acids is 4. The van der Waals surface area contributed by atoms with Crippen molar-refractivity contribution in [3.8, 4) is 22.6 Å². The van der Waals surface area contributed by atoms with Gasteiger partial charge in [-0.3, -0.25) is 19.2 Å². The summed E-state index contributed by atoms with van der Waals surface area (Å²) in [4.78, 5) is 55.5. The second kappa shape index (κ2) is 11.5. The fourth-order valence-electron chi connectivity index (χ4n) is 7.56. The summed E-state index contributed by atoms with van der Waals surface area (Å²) in [5.41, 5.74) is 5.64. The Morgan fingerprint density at radius 1 is 1.14 bits per heavy atom. The first-order chi connectivity index (χ1) is 20.4. The molecule has 230 valence electrons. The minimum absolute atomic E-state index is 0.0374. The summed E-state index contributed by atoms with van der Waals surface area (Å²) >= 11 is 0. The smallest absolute Gasteiger partial charge is 0.230 e. The number of phenolic OH excluding ortho intramolecular Hbond substituents is 1. The average molecular weight is 594 g/mol. The van der Waals surface area contributed by atoms with Gasteiger partial charge < -0.3 is 36.0 Å². The zero-order valence-corrected chi connectivity index (χ0v) is 24.8. The molecule has 0 heterocycles. The molecule has 2 saturated carbocycles. The summed E-state index contributed by atoms with van der Waals surface area (Å²) in [6.07, 6.45) is -0.329. The lowest BCUT2D eigenvalue weighted by molar-refractivity contribution is -0.190. The number of hydrogen-bond acceptors (Lipinski definition) is 10. The molecule has 5 rings (SSSR count). The third-order valence-electron chi connectivity index (χ3n) is 9.48. The van der Waals surface area contributed by atoms with E-state index < -0.39 is 64.7 Å². The molecule has 3 aliphatic carbocycles. The van der Waals surface area contributed by atoms with E-state index in [9.17, 15) is 34.5 Å². The zero-order chi connectivity index (χ0) is 31.4. The van der Waals surface area contributed by atoms with Crippen molar-refractivity contribution < 1.29 is 39.2 Å². The number of carbonyl (C=O) groups is 4. The molecule has 11 heteroatoms. The van der Waals surface area contributed by atoms with E-state index in [2.05, 4.69) is 12.2 Å². The Bertz CT molecular complexity index is 1490. The SMILES string of the molecule is CCCNCc1ccc(OC)c(-c2ccc(O)c3c2C[C@@H]2C[C@@H]4[C@@H](N(C)C)C(O)C(C(N)=O)C(=O)[C@]4(O)C(=O)C2C3=O)c1. The quantitative estimate of drug-likeness (QED) is 0.217. The maximum Gasteiger partial charge on any atom is 0.230 e. The molecular formula is C32H39N3O8. The largest absolute Gasteiger partial charge is 0.507 e. The number of phenols is 1. The van der Waals surface area contributed by atoms with Crippen molar-refractivity contribution in [1.82, 2.24) is 10.2 Å². The molecule has 3 unspecified atom stereocenters. The summed E-state index contributed by atoms with van der Waals surface area (Å²) in [5.74, 6) is -8.76. The van der Waals surface area contributed by atoms with E-state index in [0.717, 1.165) is 24.1 Å². The van der Waals surface area contributed by atoms with Gasteiger partial charge >= 0.3 is 0 Å². The van der Waals surface area contributed by atoms with Crippen molar-refractivity contribution in [2.24, 2.45) is 29.4 Å². The summed E-state index contributed by atoms with van der Waals surface area (Å²) in [6, 6.07) is 7.92. The Balaban J connectivity index is 1.63. The van der Waals surface area contributed by atoms with Gasteiger partial charge in [-0.15, -0.1) is 0 Å². The number of aliphatic hydroxyl groups is 2. The number of amides is 1. The van der Waals surface area contributed by atoms with Gasteiger partial charge in [-0.2, -0.15) is 0 Å². The summed E-state index contributed by atoms with van der Waals surface area (Å²) in [5, 5.41) is 37.1. The van der Waals surface area contributed by atoms with Gasteiger partial charge in [0.2, 0.25) is 5.91 Å². The van der Waals surface area contributed by atoms with E-state index in [1.807, 2.05) is 18.2 Å². The van der Waals surface area contributed by atoms with Gasteiger partial charge in [-0.05, 0) is 80.7 Å². The van der Waals surface area contributed by atoms with Crippen molar-refractivity contribution >= 4 is 23.3 Å². The van der Waals surface area contributed by atoms with E-state index in [1.54, 1.807) is 32.2 Å². The van der Waals surface area contributed by atoms with Crippen molar-refractivity contribution in [3.63, 3.8) is 0 Å². The van der Waals surface area contributed by atoms with Gasteiger partial charge in [-0.25, -0.2) is 0 Å². The average Bonchev–Trinajstić information content (AvgIpc) is 2.95. The first-order valence-electron chi connectivity index (χ1n) is 14.6. The van der Waals surface area contributed by atoms with Gasteiger partial charge in [0.15, 0.2) is 23.0 Å². The molecule has 2 fully saturated rings. The standard InChI is InChI=1S/C32H39N3O8/c1-5-10-34-14-15-6-9-22(43-4)18(11-15)17-7-8-21(36)24-19(17)12-16-13-20-26(35(2)3)28(38)25(31(33)41)30(40)32(20,42)29(39)23(16)27(24)37/h6-9,11,16,20,23,25-26,28,34,36,38,42H,5,10,12-14H2,1-4H3,(H2,33,41)/t16-,20-,23?,25?,26-,28?,32-/m1/s1. The molecule has 0 bridgehead atoms. The highest BCUT2D eigenvalue weighted by Crippen LogP contribution is 2.52. The van der Waals surface area contributed by atoms with Crippen LogP contribution in [0.5, 0.6) is 11.5 Å². The van der Waals surface area contributed by atoms with Crippen molar-refractivity contribution in [3.05, 3.63) is 47.0 Å². The summed E-state index contributed by atoms with van der Waals surface area (Å²) < 4.78 is 5.67. The number of nitrogens with two attached hydrogens (primary N) is 1. The molecule has 2 aromatic carbocycles. The van der Waals surface area contributed by atoms with Gasteiger partial charge in [0.05, 0.1) is 24.7 Å². The van der Waals surface area contributed by atoms with E-state index in [4.69, 9.17) is 10.5 Å². The maximum atomic E-state index is 14.1. The molecule has 43 heavy (non-hydrogen) atoms. The molecule has 11 nitrogen and oxygen atoms in total. The van der Waals surface area contributed by atoms with E-state index in [-0.39, 0.29) is 24.2 Å². The first-order valence-corrected chi connectivity index (χ1v) is 14.6. The highest BCUT2D eigenvalue weighted by Gasteiger charge is 2.69. The van der Waals surface area contributed by atoms with Crippen LogP contribution in [0.25, 0.3) is 11.1 Å². The number of ketones is 3. The van der Waals surface area contributed by atoms with Crippen LogP contribution in [0, 0.1) is 23.7 Å². The number of primary amides is 1. The van der Waals surface area contributed by atoms with Gasteiger partial charge in [0.1, 0.15) is 17.4 Å². The van der Waals surface area contributed by atoms with Crippen molar-refractivity contribution in [2.75, 3.05) is 27.7 Å². The van der Waals surface area contributed by atoms with Crippen LogP contribution < -0.4 is 15.8 Å². The van der Waals surface area contributed by atoms with Crippen LogP contribution in [0.15, 0.2) is 30.3 Å². The third kappa shape index (κ3) is 4.75. The molecular weight excluding hydrogens is 554 g/mol. The van der Waals surface area contributed by atoms with Crippen LogP contribution in [0.4, 0.5) is 0 Å². The number of aliphatic hydroxyl groups excluding tert-OH is 1. The molecule has 0 aromatic heterocycles. The second-order valence-corrected chi connectivity index (χ2v) is 12.2. The predicted octanol–water partition coefficient (Wildman–Crippen LogP) is 0.834. The van der Waals surface area contributed by atoms with Crippen LogP contribution in [0.1, 0.15) is 41.3 Å². The van der Waals surface area contributed by atoms with E-state index in [1.165, 1.54) is 6.07 Å². The number of aromatic hydroxyl groups is 1. The molecule has 0 aliphatic heterocycles. The second-order valence-electron chi connectivity index (χ2n) is 12.2. The summed E-state index contributed by atoms with van der Waals surface area (Å²) in [7, 11) is 4.78. The topological polar surface area (TPSA) is 179 Å². The molecule has 0 saturated heterocycles. The Morgan fingerprint density at radius 2 is 1.86 bits per heavy atom. The van der Waals surface area contributed by atoms with Crippen LogP contribution in [0.2, 0.25) is 0 Å². The Hall–Kier alpha value is -3.64. The number of fused-ring (bicyclic) bond motifs is 3. The Morgan fingerprint density at radius 3 is 2.49 bits per heavy atom. The monoisotopic (exact) mass is 593 g/mol. The number of methoxy groups -OCH3 is 1. The number of benzene rings is 2. The molecule has 3 aliphatic rings. The van der Waals surface area contributed by atoms with Gasteiger partial charge in [0, 0.05) is 24.1 Å². The number of hydrogen-bond donors (Lipinski definition) is 5. The third-order valence-corrected chi connectivity index (χ3v) is 9.48. The fourth-order valence-corrected chi connectivity index (χ4v) is 7.56. The zero-order valence-electron chi connectivity index (χ0n) is 24.8. The molecule has 6 N–H and O–H groups in total. The lowest BCUT2D eigenvalue weighted by Crippen LogP contribution is -2.75. The first kappa shape index (κ1) is 30.8. The van der Waals surface area contributed by atoms with Gasteiger partial charge in [-0.1, -0.05) is 19.1 Å². The number of nitrogens with one attached hydrogen (secondary N) is 1. The summed E-state index contributed by atoms with van der Waals surface area (Å²) in [6.45, 7) is 3.55. The van der Waals surface area contributed by atoms with Crippen LogP contribution >= 0.6 is 0 Å². The molecule has 0 spiro atoms. The van der Waals surface area contributed by atoms with Crippen molar-refractivity contribution in [1.29, 1.82) is 0 Å². The molecule has 2 aromatic rings. The minimum Gasteiger partial charge on any atom is -0.507 e. The molecule has 0 radical (unpaired) electrons. The normalized spacial score (nSPS) is 30.1. The fraction of sp³-hybridized carbons (Fsp3) is 0.500. The van der Waals surface area contributed by atoms with Crippen molar-refractivity contribution in [2.45, 2.75) is 50.5 Å². The minimum atomic E-state index is -2.70. The van der Waals surface area contributed by atoms with E-state index >= 15 is 0 Å². The number of rotatable bonds is 8. The highest BCUT2D eigenvalue weighted by atomic mass is 16.5. The molecule has 1 amide bonds. The van der Waals surface area contributed by atoms with Crippen LogP contribution in [-0.2, 0) is 27.3 Å². The number of likely N-dealkylation sites (N-methyl/N-ethyl adjacent to an activating group) is 1. The number of ether oxygens (including phenoxy) is 1. The van der Waals surface area contributed by atoms with E-state index in [0.29, 0.717) is 23.4 Å². The number of nitrogens with zero attached hydrogens (tertiary/aromatic N) is 1. The van der Waals surface area contributed by atoms with Crippen LogP contribution in [0.3, 0.4) is 0 Å². The predicted molar refractivity (Wildman–Crippen MR) is 156 cm³/mol. The molecule has 7 atom stereocenters. The Kier molecular flexibility index (Phi) is 8.21.